The van der Waals surface area contributed by atoms with Crippen molar-refractivity contribution in [1.29, 1.82) is 0 Å². The fourth-order valence-corrected chi connectivity index (χ4v) is 7.61. The Balaban J connectivity index is 1.16. The Labute approximate surface area is 290 Å². The number of nitrogens with zero attached hydrogens (tertiary/aromatic N) is 5. The van der Waals surface area contributed by atoms with Crippen LogP contribution in [0.25, 0.3) is 11.1 Å². The number of rotatable bonds is 8. The highest BCUT2D eigenvalue weighted by atomic mass is 19.4. The molecule has 3 aromatic rings. The van der Waals surface area contributed by atoms with E-state index in [1.807, 2.05) is 13.0 Å². The van der Waals surface area contributed by atoms with E-state index in [1.165, 1.54) is 16.7 Å². The van der Waals surface area contributed by atoms with Crippen molar-refractivity contribution in [2.75, 3.05) is 25.1 Å². The van der Waals surface area contributed by atoms with Gasteiger partial charge in [0.1, 0.15) is 17.7 Å². The number of β-amino-alcohol motifs (C(OH)–C–C–N with tert-alkyl or cyclic N) is 1. The van der Waals surface area contributed by atoms with Gasteiger partial charge in [0.2, 0.25) is 5.91 Å². The summed E-state index contributed by atoms with van der Waals surface area (Å²) in [5.41, 5.74) is 2.47. The summed E-state index contributed by atoms with van der Waals surface area (Å²) < 4.78 is 51.0. The molecule has 13 heteroatoms. The van der Waals surface area contributed by atoms with Crippen LogP contribution in [-0.4, -0.2) is 74.7 Å². The molecule has 10 nitrogen and oxygen atoms in total. The van der Waals surface area contributed by atoms with E-state index in [4.69, 9.17) is 9.47 Å². The van der Waals surface area contributed by atoms with Gasteiger partial charge in [-0.25, -0.2) is 9.78 Å². The summed E-state index contributed by atoms with van der Waals surface area (Å²) >= 11 is 0. The highest BCUT2D eigenvalue weighted by Crippen LogP contribution is 2.39. The first-order valence-electron chi connectivity index (χ1n) is 17.4. The van der Waals surface area contributed by atoms with Crippen molar-refractivity contribution in [3.8, 4) is 16.9 Å². The summed E-state index contributed by atoms with van der Waals surface area (Å²) in [7, 11) is 1.67. The van der Waals surface area contributed by atoms with E-state index in [2.05, 4.69) is 22.2 Å². The van der Waals surface area contributed by atoms with Crippen LogP contribution in [0, 0.1) is 18.8 Å². The Bertz CT molecular complexity index is 1680. The van der Waals surface area contributed by atoms with Crippen LogP contribution in [-0.2, 0) is 15.8 Å². The number of aliphatic hydroxyl groups excluding tert-OH is 1. The Morgan fingerprint density at radius 1 is 1.02 bits per heavy atom. The van der Waals surface area contributed by atoms with Crippen molar-refractivity contribution >= 4 is 17.8 Å². The van der Waals surface area contributed by atoms with E-state index in [0.717, 1.165) is 49.4 Å². The average molecular weight is 698 g/mol. The van der Waals surface area contributed by atoms with Crippen LogP contribution < -0.4 is 9.64 Å². The number of carbonyl (C=O) groups is 2. The number of hydrogen-bond acceptors (Lipinski definition) is 7. The summed E-state index contributed by atoms with van der Waals surface area (Å²) in [6.07, 6.45) is 3.51. The molecular formula is C37H46F3N5O5. The van der Waals surface area contributed by atoms with E-state index in [0.29, 0.717) is 49.5 Å². The molecule has 1 saturated heterocycles. The maximum Gasteiger partial charge on any atom is 0.504 e. The molecule has 3 fully saturated rings. The predicted molar refractivity (Wildman–Crippen MR) is 181 cm³/mol. The minimum absolute atomic E-state index is 0.0372. The number of alkyl halides is 3. The molecule has 270 valence electrons. The number of methoxy groups -OCH3 is 1. The second-order valence-corrected chi connectivity index (χ2v) is 14.6. The number of amides is 2. The second kappa shape index (κ2) is 14.2. The molecule has 0 bridgehead atoms. The molecule has 1 N–H and O–H groups in total. The zero-order valence-corrected chi connectivity index (χ0v) is 29.0. The molecule has 1 aromatic carbocycles. The monoisotopic (exact) mass is 697 g/mol. The molecule has 2 aliphatic carbocycles. The topological polar surface area (TPSA) is 110 Å². The number of carbonyl (C=O) groups excluding carboxylic acids is 2. The molecule has 3 aliphatic rings. The number of aryl methyl sites for hydroxylation is 1. The first-order valence-corrected chi connectivity index (χ1v) is 17.4. The molecule has 1 unspecified atom stereocenters. The molecule has 2 saturated carbocycles. The quantitative estimate of drug-likeness (QED) is 0.265. The first-order chi connectivity index (χ1) is 23.7. The van der Waals surface area contributed by atoms with Gasteiger partial charge < -0.3 is 14.6 Å². The summed E-state index contributed by atoms with van der Waals surface area (Å²) in [6, 6.07) is 9.61. The van der Waals surface area contributed by atoms with Crippen LogP contribution in [0.15, 0.2) is 48.9 Å². The van der Waals surface area contributed by atoms with Crippen LogP contribution in [0.5, 0.6) is 5.75 Å². The average Bonchev–Trinajstić information content (AvgIpc) is 3.62. The van der Waals surface area contributed by atoms with Crippen molar-refractivity contribution in [2.24, 2.45) is 11.8 Å². The van der Waals surface area contributed by atoms with E-state index in [9.17, 15) is 27.9 Å². The number of pyridine rings is 1. The van der Waals surface area contributed by atoms with Gasteiger partial charge in [-0.2, -0.15) is 9.78 Å². The van der Waals surface area contributed by atoms with E-state index < -0.39 is 24.0 Å². The number of likely N-dealkylation sites (tertiary alicyclic amines) is 1. The van der Waals surface area contributed by atoms with Crippen LogP contribution in [0.4, 0.5) is 23.8 Å². The molecule has 50 heavy (non-hydrogen) atoms. The molecule has 1 aliphatic heterocycles. The maximum absolute atomic E-state index is 14.3. The lowest BCUT2D eigenvalue weighted by Crippen LogP contribution is -2.69. The summed E-state index contributed by atoms with van der Waals surface area (Å²) in [5.74, 6) is 1.50. The number of hydrogen-bond donors (Lipinski definition) is 1. The smallest absolute Gasteiger partial charge is 0.496 e. The number of halogens is 3. The van der Waals surface area contributed by atoms with Crippen LogP contribution >= 0.6 is 0 Å². The maximum atomic E-state index is 14.3. The van der Waals surface area contributed by atoms with Gasteiger partial charge in [0, 0.05) is 30.4 Å². The summed E-state index contributed by atoms with van der Waals surface area (Å²) in [4.78, 5) is 34.9. The van der Waals surface area contributed by atoms with Gasteiger partial charge in [0.05, 0.1) is 31.5 Å². The van der Waals surface area contributed by atoms with E-state index in [1.54, 1.807) is 38.0 Å². The molecule has 2 amide bonds. The lowest BCUT2D eigenvalue weighted by Gasteiger charge is -2.51. The number of aliphatic hydroxyl groups is 1. The molecule has 3 heterocycles. The zero-order chi connectivity index (χ0) is 35.8. The number of benzene rings is 1. The minimum atomic E-state index is -4.64. The second-order valence-electron chi connectivity index (χ2n) is 14.6. The molecule has 2 aromatic heterocycles. The Hall–Kier alpha value is -4.13. The predicted octanol–water partition coefficient (Wildman–Crippen LogP) is 7.20. The van der Waals surface area contributed by atoms with Crippen molar-refractivity contribution in [1.82, 2.24) is 19.7 Å². The van der Waals surface area contributed by atoms with Gasteiger partial charge in [0.15, 0.2) is 0 Å². The summed E-state index contributed by atoms with van der Waals surface area (Å²) in [5, 5.41) is 13.5. The van der Waals surface area contributed by atoms with E-state index in [-0.39, 0.29) is 40.6 Å². The lowest BCUT2D eigenvalue weighted by molar-refractivity contribution is -0.212. The van der Waals surface area contributed by atoms with Crippen LogP contribution in [0.2, 0.25) is 0 Å². The third-order valence-corrected chi connectivity index (χ3v) is 11.0. The highest BCUT2D eigenvalue weighted by Gasteiger charge is 2.49. The third kappa shape index (κ3) is 7.47. The molecule has 1 atom stereocenters. The Morgan fingerprint density at radius 2 is 1.74 bits per heavy atom. The fourth-order valence-electron chi connectivity index (χ4n) is 7.61. The SMILES string of the molecule is COc1ccc(C2CCC(CN(C(=O)C3CCC(OC(=O)N4CC(O)C4(C)C)CC3)c3cc(-c4cnn(C(F)(F)F)c4)ccn3)CC2)cc1C. The van der Waals surface area contributed by atoms with Crippen molar-refractivity contribution in [2.45, 2.75) is 102 Å². The fraction of sp³-hybridized carbons (Fsp3) is 0.568. The van der Waals surface area contributed by atoms with Gasteiger partial charge in [-0.3, -0.25) is 14.6 Å². The summed E-state index contributed by atoms with van der Waals surface area (Å²) in [6.45, 7) is 6.32. The van der Waals surface area contributed by atoms with Gasteiger partial charge in [-0.05, 0) is 119 Å². The van der Waals surface area contributed by atoms with Gasteiger partial charge in [0.25, 0.3) is 0 Å². The minimum Gasteiger partial charge on any atom is -0.496 e. The number of ether oxygens (including phenoxy) is 2. The molecule has 0 radical (unpaired) electrons. The van der Waals surface area contributed by atoms with Gasteiger partial charge in [-0.1, -0.05) is 12.1 Å². The van der Waals surface area contributed by atoms with E-state index >= 15 is 0 Å². The van der Waals surface area contributed by atoms with Crippen molar-refractivity contribution in [3.63, 3.8) is 0 Å². The lowest BCUT2D eigenvalue weighted by atomic mass is 9.78. The van der Waals surface area contributed by atoms with Crippen molar-refractivity contribution < 1.29 is 37.3 Å². The third-order valence-electron chi connectivity index (χ3n) is 11.0. The first kappa shape index (κ1) is 35.7. The van der Waals surface area contributed by atoms with Crippen LogP contribution in [0.1, 0.15) is 82.3 Å². The standard InChI is InChI=1S/C37H46F3N5O5/c1-23-17-27(11-14-31(23)49-4)25-7-5-24(6-8-25)20-43(33-18-28(15-16-41-33)29-19-42-45(21-29)37(38,39)40)34(47)26-9-12-30(13-10-26)50-35(48)44-22-32(46)36(44,2)3/h11,14-19,21,24-26,30,32,46H,5-10,12-13,20,22H2,1-4H3. The number of anilines is 1. The van der Waals surface area contributed by atoms with Gasteiger partial charge >= 0.3 is 12.4 Å². The largest absolute Gasteiger partial charge is 0.504 e. The number of aromatic nitrogens is 3. The molecule has 6 rings (SSSR count). The Kier molecular flexibility index (Phi) is 10.2. The zero-order valence-electron chi connectivity index (χ0n) is 29.0. The normalized spacial score (nSPS) is 25.0. The highest BCUT2D eigenvalue weighted by molar-refractivity contribution is 5.94. The van der Waals surface area contributed by atoms with Gasteiger partial charge in [-0.15, -0.1) is 13.2 Å². The molecular weight excluding hydrogens is 651 g/mol. The van der Waals surface area contributed by atoms with Crippen molar-refractivity contribution in [3.05, 3.63) is 60.0 Å². The Morgan fingerprint density at radius 3 is 2.34 bits per heavy atom. The molecule has 0 spiro atoms. The van der Waals surface area contributed by atoms with Crippen LogP contribution in [0.3, 0.4) is 0 Å².